The third-order valence-corrected chi connectivity index (χ3v) is 11.5. The molecule has 9 nitrogen and oxygen atoms in total. The Morgan fingerprint density at radius 3 is 2.44 bits per heavy atom. The number of anilines is 3. The molecule has 2 amide bonds. The number of piperazine rings is 1. The maximum Gasteiger partial charge on any atom is 0.233 e. The predicted molar refractivity (Wildman–Crippen MR) is 173 cm³/mol. The molecule has 228 valence electrons. The fraction of sp³-hybridized carbons (Fsp3) is 0.387. The van der Waals surface area contributed by atoms with Crippen molar-refractivity contribution in [2.45, 2.75) is 48.3 Å². The van der Waals surface area contributed by atoms with Crippen LogP contribution in [0.1, 0.15) is 43.6 Å². The van der Waals surface area contributed by atoms with Gasteiger partial charge >= 0.3 is 0 Å². The highest BCUT2D eigenvalue weighted by Gasteiger charge is 2.34. The van der Waals surface area contributed by atoms with Crippen LogP contribution in [-0.2, 0) is 19.4 Å². The molecule has 2 fully saturated rings. The third kappa shape index (κ3) is 7.29. The number of carbonyl (C=O) groups excluding carboxylic acids is 2. The normalized spacial score (nSPS) is 17.7. The minimum atomic E-state index is -3.76. The first-order valence-electron chi connectivity index (χ1n) is 14.5. The van der Waals surface area contributed by atoms with Gasteiger partial charge in [-0.3, -0.25) is 14.5 Å². The summed E-state index contributed by atoms with van der Waals surface area (Å²) in [5.74, 6) is -0.230. The molecule has 2 unspecified atom stereocenters. The van der Waals surface area contributed by atoms with E-state index < -0.39 is 21.1 Å². The molecule has 43 heavy (non-hydrogen) atoms. The summed E-state index contributed by atoms with van der Waals surface area (Å²) in [6.07, 6.45) is 8.68. The first-order valence-corrected chi connectivity index (χ1v) is 17.2. The van der Waals surface area contributed by atoms with Gasteiger partial charge in [-0.15, -0.1) is 6.58 Å². The summed E-state index contributed by atoms with van der Waals surface area (Å²) in [5, 5.41) is 6.17. The molecule has 1 aliphatic carbocycles. The van der Waals surface area contributed by atoms with Gasteiger partial charge in [-0.25, -0.2) is 13.4 Å². The SMILES string of the molecule is C=CC(N1CCN(c2ccccc2Cl)CC1)S(=O)(=O)c1ccc(C(CC2CCCC2)C(=O)Nc2ncc(NC=O)s2)cc1. The average molecular weight is 642 g/mol. The number of hydrogen-bond donors (Lipinski definition) is 2. The average Bonchev–Trinajstić information content (AvgIpc) is 3.69. The maximum atomic E-state index is 13.8. The van der Waals surface area contributed by atoms with Crippen molar-refractivity contribution in [2.75, 3.05) is 41.7 Å². The highest BCUT2D eigenvalue weighted by atomic mass is 35.5. The van der Waals surface area contributed by atoms with E-state index in [2.05, 4.69) is 27.1 Å². The van der Waals surface area contributed by atoms with Gasteiger partial charge in [-0.1, -0.05) is 79.0 Å². The summed E-state index contributed by atoms with van der Waals surface area (Å²) in [4.78, 5) is 32.7. The van der Waals surface area contributed by atoms with E-state index in [-0.39, 0.29) is 10.8 Å². The van der Waals surface area contributed by atoms with E-state index in [1.807, 2.05) is 29.2 Å². The van der Waals surface area contributed by atoms with Gasteiger partial charge in [-0.05, 0) is 42.2 Å². The molecule has 3 aromatic rings. The number of para-hydroxylation sites is 1. The van der Waals surface area contributed by atoms with Crippen LogP contribution < -0.4 is 15.5 Å². The summed E-state index contributed by atoms with van der Waals surface area (Å²) < 4.78 is 27.6. The summed E-state index contributed by atoms with van der Waals surface area (Å²) in [6.45, 7) is 6.24. The van der Waals surface area contributed by atoms with E-state index in [1.165, 1.54) is 23.6 Å². The number of nitrogens with zero attached hydrogens (tertiary/aromatic N) is 3. The molecule has 0 bridgehead atoms. The Bertz CT molecular complexity index is 1530. The van der Waals surface area contributed by atoms with Crippen LogP contribution in [0.5, 0.6) is 0 Å². The lowest BCUT2D eigenvalue weighted by Gasteiger charge is -2.39. The summed E-state index contributed by atoms with van der Waals surface area (Å²) >= 11 is 7.56. The molecule has 12 heteroatoms. The van der Waals surface area contributed by atoms with E-state index in [0.29, 0.717) is 60.1 Å². The Labute approximate surface area is 261 Å². The minimum Gasteiger partial charge on any atom is -0.368 e. The summed E-state index contributed by atoms with van der Waals surface area (Å²) in [5.41, 5.74) is 1.70. The lowest BCUT2D eigenvalue weighted by molar-refractivity contribution is -0.118. The van der Waals surface area contributed by atoms with E-state index in [1.54, 1.807) is 24.3 Å². The molecule has 2 atom stereocenters. The zero-order chi connectivity index (χ0) is 30.4. The zero-order valence-corrected chi connectivity index (χ0v) is 26.2. The van der Waals surface area contributed by atoms with Gasteiger partial charge in [0.15, 0.2) is 15.0 Å². The fourth-order valence-corrected chi connectivity index (χ4v) is 8.63. The number of thiazole rings is 1. The van der Waals surface area contributed by atoms with Crippen LogP contribution in [0.15, 0.2) is 72.3 Å². The zero-order valence-electron chi connectivity index (χ0n) is 23.8. The smallest absolute Gasteiger partial charge is 0.233 e. The molecule has 1 saturated carbocycles. The Morgan fingerprint density at radius 2 is 1.79 bits per heavy atom. The topological polar surface area (TPSA) is 112 Å². The number of aromatic nitrogens is 1. The molecule has 5 rings (SSSR count). The highest BCUT2D eigenvalue weighted by molar-refractivity contribution is 7.92. The fourth-order valence-electron chi connectivity index (χ4n) is 6.05. The number of sulfone groups is 1. The Hall–Kier alpha value is -3.25. The standard InChI is InChI=1S/C31H36ClN5O4S2/c1-2-29(37-17-15-36(16-18-37)27-10-6-5-9-26(27)32)43(40,41)24-13-11-23(12-14-24)25(19-22-7-3-4-8-22)30(39)35-31-33-20-28(42-31)34-21-38/h2,5-6,9-14,20-22,25,29H,1,3-4,7-8,15-19H2,(H,34,38)(H,33,35,39). The van der Waals surface area contributed by atoms with Crippen LogP contribution >= 0.6 is 22.9 Å². The monoisotopic (exact) mass is 641 g/mol. The summed E-state index contributed by atoms with van der Waals surface area (Å²) in [6, 6.07) is 14.4. The van der Waals surface area contributed by atoms with E-state index in [9.17, 15) is 18.0 Å². The number of rotatable bonds is 12. The molecule has 1 aliphatic heterocycles. The minimum absolute atomic E-state index is 0.194. The molecule has 2 aromatic carbocycles. The van der Waals surface area contributed by atoms with Crippen LogP contribution in [0.3, 0.4) is 0 Å². The van der Waals surface area contributed by atoms with Crippen molar-refractivity contribution >= 4 is 60.9 Å². The van der Waals surface area contributed by atoms with Crippen molar-refractivity contribution in [3.05, 3.63) is 78.0 Å². The second kappa shape index (κ2) is 14.0. The molecule has 0 spiro atoms. The number of carbonyl (C=O) groups is 2. The van der Waals surface area contributed by atoms with Crippen molar-refractivity contribution in [3.8, 4) is 0 Å². The second-order valence-electron chi connectivity index (χ2n) is 10.9. The molecule has 2 heterocycles. The molecule has 0 radical (unpaired) electrons. The molecule has 1 aromatic heterocycles. The number of hydrogen-bond acceptors (Lipinski definition) is 8. The van der Waals surface area contributed by atoms with Gasteiger partial charge in [0, 0.05) is 26.2 Å². The molecule has 2 N–H and O–H groups in total. The van der Waals surface area contributed by atoms with Crippen LogP contribution in [0.2, 0.25) is 5.02 Å². The highest BCUT2D eigenvalue weighted by Crippen LogP contribution is 2.36. The van der Waals surface area contributed by atoms with Crippen LogP contribution in [0.25, 0.3) is 0 Å². The number of halogens is 1. The van der Waals surface area contributed by atoms with Gasteiger partial charge in [0.2, 0.25) is 12.3 Å². The third-order valence-electron chi connectivity index (χ3n) is 8.30. The Morgan fingerprint density at radius 1 is 1.09 bits per heavy atom. The van der Waals surface area contributed by atoms with Crippen LogP contribution in [0, 0.1) is 5.92 Å². The van der Waals surface area contributed by atoms with Crippen molar-refractivity contribution < 1.29 is 18.0 Å². The molecular weight excluding hydrogens is 606 g/mol. The maximum absolute atomic E-state index is 13.8. The first kappa shape index (κ1) is 31.2. The van der Waals surface area contributed by atoms with E-state index >= 15 is 0 Å². The lowest BCUT2D eigenvalue weighted by atomic mass is 9.87. The second-order valence-corrected chi connectivity index (χ2v) is 14.4. The first-order chi connectivity index (χ1) is 20.8. The van der Waals surface area contributed by atoms with Gasteiger partial charge in [0.25, 0.3) is 0 Å². The van der Waals surface area contributed by atoms with Crippen molar-refractivity contribution in [2.24, 2.45) is 5.92 Å². The Balaban J connectivity index is 1.30. The van der Waals surface area contributed by atoms with Crippen molar-refractivity contribution in [1.82, 2.24) is 9.88 Å². The van der Waals surface area contributed by atoms with Crippen LogP contribution in [0.4, 0.5) is 15.8 Å². The lowest BCUT2D eigenvalue weighted by Crippen LogP contribution is -2.52. The van der Waals surface area contributed by atoms with E-state index in [0.717, 1.165) is 36.9 Å². The number of amides is 2. The van der Waals surface area contributed by atoms with Crippen molar-refractivity contribution in [3.63, 3.8) is 0 Å². The van der Waals surface area contributed by atoms with Gasteiger partial charge in [0.05, 0.1) is 27.7 Å². The molecule has 1 saturated heterocycles. The quantitative estimate of drug-likeness (QED) is 0.191. The largest absolute Gasteiger partial charge is 0.368 e. The van der Waals surface area contributed by atoms with Crippen LogP contribution in [-0.4, -0.2) is 62.2 Å². The number of benzene rings is 2. The van der Waals surface area contributed by atoms with Gasteiger partial charge < -0.3 is 15.5 Å². The Kier molecular flexibility index (Phi) is 10.2. The predicted octanol–water partition coefficient (Wildman–Crippen LogP) is 5.78. The van der Waals surface area contributed by atoms with Gasteiger partial charge in [0.1, 0.15) is 10.4 Å². The van der Waals surface area contributed by atoms with E-state index in [4.69, 9.17) is 11.6 Å². The number of nitrogens with one attached hydrogen (secondary N) is 2. The molecule has 2 aliphatic rings. The summed E-state index contributed by atoms with van der Waals surface area (Å²) in [7, 11) is -3.76. The van der Waals surface area contributed by atoms with Crippen molar-refractivity contribution in [1.29, 1.82) is 0 Å². The van der Waals surface area contributed by atoms with Gasteiger partial charge in [-0.2, -0.15) is 0 Å². The molecular formula is C31H36ClN5O4S2.